The third-order valence-corrected chi connectivity index (χ3v) is 6.26. The molecule has 1 N–H and O–H groups in total. The van der Waals surface area contributed by atoms with Gasteiger partial charge in [0.2, 0.25) is 0 Å². The SMILES string of the molecule is CC[C@@H](C)OC(=O)C1=C(C)NC2=C(C(=O)[C@@H](C(=O)OC)[C@@H](C)C2)[C@H]1c1cccc([N+](=O)[O-])c1. The summed E-state index contributed by atoms with van der Waals surface area (Å²) in [5.41, 5.74) is 1.78. The lowest BCUT2D eigenvalue weighted by atomic mass is 9.69. The van der Waals surface area contributed by atoms with Gasteiger partial charge in [0, 0.05) is 35.0 Å². The highest BCUT2D eigenvalue weighted by atomic mass is 16.6. The second-order valence-electron chi connectivity index (χ2n) is 8.51. The third-order valence-electron chi connectivity index (χ3n) is 6.26. The molecular weight excluding hydrogens is 428 g/mol. The second kappa shape index (κ2) is 9.56. The Labute approximate surface area is 192 Å². The number of ketones is 1. The first-order chi connectivity index (χ1) is 15.6. The van der Waals surface area contributed by atoms with Crippen molar-refractivity contribution in [2.45, 2.75) is 52.6 Å². The van der Waals surface area contributed by atoms with E-state index < -0.39 is 34.5 Å². The Bertz CT molecular complexity index is 1070. The molecule has 0 fully saturated rings. The van der Waals surface area contributed by atoms with Crippen molar-refractivity contribution in [3.05, 3.63) is 62.5 Å². The molecule has 1 aromatic rings. The van der Waals surface area contributed by atoms with Gasteiger partial charge in [-0.15, -0.1) is 0 Å². The predicted octanol–water partition coefficient (Wildman–Crippen LogP) is 3.55. The van der Waals surface area contributed by atoms with E-state index in [4.69, 9.17) is 9.47 Å². The van der Waals surface area contributed by atoms with Crippen LogP contribution >= 0.6 is 0 Å². The number of carbonyl (C=O) groups is 3. The molecule has 3 rings (SSSR count). The highest BCUT2D eigenvalue weighted by Crippen LogP contribution is 2.46. The number of carbonyl (C=O) groups excluding carboxylic acids is 3. The van der Waals surface area contributed by atoms with Crippen molar-refractivity contribution in [1.82, 2.24) is 5.32 Å². The summed E-state index contributed by atoms with van der Waals surface area (Å²) < 4.78 is 10.4. The Morgan fingerprint density at radius 3 is 2.64 bits per heavy atom. The number of esters is 2. The van der Waals surface area contributed by atoms with E-state index >= 15 is 0 Å². The normalized spacial score (nSPS) is 23.4. The maximum absolute atomic E-state index is 13.6. The zero-order valence-corrected chi connectivity index (χ0v) is 19.3. The molecule has 176 valence electrons. The minimum absolute atomic E-state index is 0.165. The summed E-state index contributed by atoms with van der Waals surface area (Å²) in [6.45, 7) is 7.14. The first-order valence-electron chi connectivity index (χ1n) is 10.9. The number of nitro groups is 1. The standard InChI is InChI=1S/C24H28N2O7/c1-6-13(3)33-24(29)19-14(4)25-17-10-12(2)18(23(28)32-5)22(27)21(17)20(19)15-8-7-9-16(11-15)26(30)31/h7-9,11-13,18,20,25H,6,10H2,1-5H3/t12-,13+,18-,20-/m0/s1. The number of allylic oxidation sites excluding steroid dienone is 3. The summed E-state index contributed by atoms with van der Waals surface area (Å²) in [6.07, 6.45) is 0.628. The van der Waals surface area contributed by atoms with Gasteiger partial charge >= 0.3 is 11.9 Å². The van der Waals surface area contributed by atoms with Gasteiger partial charge in [-0.05, 0) is 38.2 Å². The highest BCUT2D eigenvalue weighted by Gasteiger charge is 2.47. The Kier molecular flexibility index (Phi) is 7.00. The number of nitrogens with zero attached hydrogens (tertiary/aromatic N) is 1. The van der Waals surface area contributed by atoms with E-state index in [1.54, 1.807) is 26.8 Å². The summed E-state index contributed by atoms with van der Waals surface area (Å²) in [5.74, 6) is -3.97. The summed E-state index contributed by atoms with van der Waals surface area (Å²) >= 11 is 0. The quantitative estimate of drug-likeness (QED) is 0.298. The van der Waals surface area contributed by atoms with E-state index in [1.807, 2.05) is 6.92 Å². The molecule has 1 aliphatic heterocycles. The zero-order chi connectivity index (χ0) is 24.4. The summed E-state index contributed by atoms with van der Waals surface area (Å²) in [5, 5.41) is 14.6. The van der Waals surface area contributed by atoms with Crippen molar-refractivity contribution < 1.29 is 28.8 Å². The first kappa shape index (κ1) is 24.2. The molecule has 0 saturated carbocycles. The molecular formula is C24H28N2O7. The number of dihydropyridines is 1. The molecule has 0 unspecified atom stereocenters. The van der Waals surface area contributed by atoms with Gasteiger partial charge in [0.25, 0.3) is 5.69 Å². The summed E-state index contributed by atoms with van der Waals surface area (Å²) in [6, 6.07) is 5.84. The van der Waals surface area contributed by atoms with Gasteiger partial charge < -0.3 is 14.8 Å². The van der Waals surface area contributed by atoms with Crippen LogP contribution in [0.5, 0.6) is 0 Å². The van der Waals surface area contributed by atoms with Gasteiger partial charge in [-0.2, -0.15) is 0 Å². The van der Waals surface area contributed by atoms with E-state index in [0.717, 1.165) is 0 Å². The monoisotopic (exact) mass is 456 g/mol. The van der Waals surface area contributed by atoms with Crippen molar-refractivity contribution in [3.63, 3.8) is 0 Å². The molecule has 1 aliphatic carbocycles. The van der Waals surface area contributed by atoms with E-state index in [0.29, 0.717) is 29.8 Å². The fraction of sp³-hybridized carbons (Fsp3) is 0.458. The smallest absolute Gasteiger partial charge is 0.337 e. The molecule has 0 amide bonds. The van der Waals surface area contributed by atoms with Crippen LogP contribution in [-0.2, 0) is 23.9 Å². The van der Waals surface area contributed by atoms with Crippen molar-refractivity contribution in [2.75, 3.05) is 7.11 Å². The number of benzene rings is 1. The molecule has 0 aromatic heterocycles. The van der Waals surface area contributed by atoms with Crippen molar-refractivity contribution >= 4 is 23.4 Å². The molecule has 0 spiro atoms. The van der Waals surface area contributed by atoms with Gasteiger partial charge in [-0.1, -0.05) is 26.0 Å². The van der Waals surface area contributed by atoms with Gasteiger partial charge in [0.05, 0.1) is 23.7 Å². The average Bonchev–Trinajstić information content (AvgIpc) is 2.77. The molecule has 0 radical (unpaired) electrons. The topological polar surface area (TPSA) is 125 Å². The van der Waals surface area contributed by atoms with E-state index in [-0.39, 0.29) is 28.9 Å². The number of Topliss-reactive ketones (excluding diaryl/α,β-unsaturated/α-hetero) is 1. The number of hydrogen-bond donors (Lipinski definition) is 1. The number of non-ortho nitro benzene ring substituents is 1. The fourth-order valence-corrected chi connectivity index (χ4v) is 4.43. The highest BCUT2D eigenvalue weighted by molar-refractivity contribution is 6.12. The third kappa shape index (κ3) is 4.53. The Morgan fingerprint density at radius 1 is 1.33 bits per heavy atom. The van der Waals surface area contributed by atoms with E-state index in [1.165, 1.54) is 25.3 Å². The minimum Gasteiger partial charge on any atom is -0.468 e. The van der Waals surface area contributed by atoms with Crippen molar-refractivity contribution in [3.8, 4) is 0 Å². The summed E-state index contributed by atoms with van der Waals surface area (Å²) in [4.78, 5) is 50.2. The summed E-state index contributed by atoms with van der Waals surface area (Å²) in [7, 11) is 1.22. The zero-order valence-electron chi connectivity index (χ0n) is 19.3. The maximum atomic E-state index is 13.6. The molecule has 1 heterocycles. The lowest BCUT2D eigenvalue weighted by Crippen LogP contribution is -2.43. The lowest BCUT2D eigenvalue weighted by Gasteiger charge is -2.38. The Hall–Kier alpha value is -3.49. The number of hydrogen-bond acceptors (Lipinski definition) is 8. The van der Waals surface area contributed by atoms with Crippen LogP contribution in [0.3, 0.4) is 0 Å². The largest absolute Gasteiger partial charge is 0.468 e. The minimum atomic E-state index is -1.03. The van der Waals surface area contributed by atoms with E-state index in [2.05, 4.69) is 5.32 Å². The van der Waals surface area contributed by atoms with Crippen LogP contribution in [0, 0.1) is 22.0 Å². The molecule has 1 aromatic carbocycles. The van der Waals surface area contributed by atoms with E-state index in [9.17, 15) is 24.5 Å². The number of nitrogens with one attached hydrogen (secondary N) is 1. The van der Waals surface area contributed by atoms with Crippen LogP contribution < -0.4 is 5.32 Å². The number of rotatable bonds is 6. The number of methoxy groups -OCH3 is 1. The predicted molar refractivity (Wildman–Crippen MR) is 119 cm³/mol. The average molecular weight is 456 g/mol. The van der Waals surface area contributed by atoms with Crippen LogP contribution in [0.1, 0.15) is 52.0 Å². The van der Waals surface area contributed by atoms with Crippen LogP contribution in [0.25, 0.3) is 0 Å². The molecule has 9 heteroatoms. The maximum Gasteiger partial charge on any atom is 0.337 e. The Balaban J connectivity index is 2.20. The molecule has 33 heavy (non-hydrogen) atoms. The van der Waals surface area contributed by atoms with Gasteiger partial charge in [-0.3, -0.25) is 19.7 Å². The Morgan fingerprint density at radius 2 is 2.03 bits per heavy atom. The fourth-order valence-electron chi connectivity index (χ4n) is 4.43. The number of ether oxygens (including phenoxy) is 2. The molecule has 9 nitrogen and oxygen atoms in total. The van der Waals surface area contributed by atoms with Crippen LogP contribution in [-0.4, -0.2) is 35.9 Å². The van der Waals surface area contributed by atoms with Crippen LogP contribution in [0.4, 0.5) is 5.69 Å². The molecule has 0 saturated heterocycles. The van der Waals surface area contributed by atoms with Crippen LogP contribution in [0.15, 0.2) is 46.8 Å². The van der Waals surface area contributed by atoms with Gasteiger partial charge in [0.1, 0.15) is 5.92 Å². The van der Waals surface area contributed by atoms with Crippen LogP contribution in [0.2, 0.25) is 0 Å². The molecule has 0 bridgehead atoms. The van der Waals surface area contributed by atoms with Crippen molar-refractivity contribution in [2.24, 2.45) is 11.8 Å². The molecule has 4 atom stereocenters. The van der Waals surface area contributed by atoms with Crippen molar-refractivity contribution in [1.29, 1.82) is 0 Å². The van der Waals surface area contributed by atoms with Gasteiger partial charge in [0.15, 0.2) is 5.78 Å². The lowest BCUT2D eigenvalue weighted by molar-refractivity contribution is -0.384. The number of nitro benzene ring substituents is 1. The molecule has 2 aliphatic rings. The van der Waals surface area contributed by atoms with Gasteiger partial charge in [-0.25, -0.2) is 4.79 Å². The first-order valence-corrected chi connectivity index (χ1v) is 10.9. The second-order valence-corrected chi connectivity index (χ2v) is 8.51.